The highest BCUT2D eigenvalue weighted by Gasteiger charge is 2.02. The van der Waals surface area contributed by atoms with Crippen LogP contribution >= 0.6 is 0 Å². The second-order valence-electron chi connectivity index (χ2n) is 4.47. The molecule has 0 aliphatic heterocycles. The molecule has 0 aliphatic rings. The summed E-state index contributed by atoms with van der Waals surface area (Å²) in [4.78, 5) is 6.65. The predicted molar refractivity (Wildman–Crippen MR) is 74.4 cm³/mol. The zero-order valence-electron chi connectivity index (χ0n) is 11.4. The number of unbranched alkanes of at least 4 members (excludes halogenated alkanes) is 1. The van der Waals surface area contributed by atoms with Crippen LogP contribution in [0.25, 0.3) is 0 Å². The van der Waals surface area contributed by atoms with E-state index in [-0.39, 0.29) is 0 Å². The summed E-state index contributed by atoms with van der Waals surface area (Å²) >= 11 is 0. The molecule has 3 heteroatoms. The molecule has 1 rings (SSSR count). The Morgan fingerprint density at radius 2 is 2.12 bits per heavy atom. The normalized spacial score (nSPS) is 10.5. The first-order valence-corrected chi connectivity index (χ1v) is 6.64. The molecule has 0 bridgehead atoms. The van der Waals surface area contributed by atoms with Crippen LogP contribution in [0.15, 0.2) is 18.3 Å². The van der Waals surface area contributed by atoms with Crippen molar-refractivity contribution in [3.8, 4) is 0 Å². The smallest absolute Gasteiger partial charge is 0.128 e. The van der Waals surface area contributed by atoms with Gasteiger partial charge in [0.1, 0.15) is 5.82 Å². The molecule has 0 radical (unpaired) electrons. The topological polar surface area (TPSA) is 28.2 Å². The van der Waals surface area contributed by atoms with Gasteiger partial charge in [0.15, 0.2) is 0 Å². The average Bonchev–Trinajstić information content (AvgIpc) is 2.36. The molecule has 1 aromatic heterocycles. The number of hydrogen-bond donors (Lipinski definition) is 1. The fraction of sp³-hybridized carbons (Fsp3) is 0.643. The molecule has 0 unspecified atom stereocenters. The molecule has 1 N–H and O–H groups in total. The van der Waals surface area contributed by atoms with E-state index in [2.05, 4.69) is 48.2 Å². The number of pyridine rings is 1. The first-order valence-electron chi connectivity index (χ1n) is 6.64. The lowest BCUT2D eigenvalue weighted by Gasteiger charge is -2.18. The maximum atomic E-state index is 4.42. The van der Waals surface area contributed by atoms with Crippen molar-refractivity contribution >= 4 is 5.82 Å². The molecular weight excluding hydrogens is 210 g/mol. The molecule has 1 heterocycles. The quantitative estimate of drug-likeness (QED) is 0.702. The van der Waals surface area contributed by atoms with Gasteiger partial charge in [0.05, 0.1) is 0 Å². The molecule has 1 aromatic rings. The van der Waals surface area contributed by atoms with Crippen LogP contribution in [-0.4, -0.2) is 25.1 Å². The second kappa shape index (κ2) is 8.07. The van der Waals surface area contributed by atoms with Crippen LogP contribution in [0.1, 0.15) is 38.7 Å². The number of nitrogens with one attached hydrogen (secondary N) is 1. The molecule has 0 saturated heterocycles. The highest BCUT2D eigenvalue weighted by atomic mass is 15.2. The van der Waals surface area contributed by atoms with E-state index in [0.717, 1.165) is 25.5 Å². The number of nitrogens with zero attached hydrogens (tertiary/aromatic N) is 2. The third kappa shape index (κ3) is 5.18. The summed E-state index contributed by atoms with van der Waals surface area (Å²) in [6.45, 7) is 7.49. The maximum Gasteiger partial charge on any atom is 0.128 e. The van der Waals surface area contributed by atoms with Crippen LogP contribution in [0, 0.1) is 0 Å². The lowest BCUT2D eigenvalue weighted by Crippen LogP contribution is -2.20. The van der Waals surface area contributed by atoms with E-state index in [1.807, 2.05) is 6.20 Å². The third-order valence-corrected chi connectivity index (χ3v) is 2.80. The number of hydrogen-bond acceptors (Lipinski definition) is 3. The summed E-state index contributed by atoms with van der Waals surface area (Å²) in [5.41, 5.74) is 1.31. The van der Waals surface area contributed by atoms with E-state index in [4.69, 9.17) is 0 Å². The van der Waals surface area contributed by atoms with Crippen LogP contribution in [0.2, 0.25) is 0 Å². The maximum absolute atomic E-state index is 4.42. The van der Waals surface area contributed by atoms with Gasteiger partial charge in [-0.1, -0.05) is 20.3 Å². The molecule has 0 spiro atoms. The largest absolute Gasteiger partial charge is 0.360 e. The average molecular weight is 235 g/mol. The lowest BCUT2D eigenvalue weighted by molar-refractivity contribution is 0.674. The Kier molecular flexibility index (Phi) is 6.63. The Labute approximate surface area is 105 Å². The Bertz CT molecular complexity index is 312. The van der Waals surface area contributed by atoms with Crippen molar-refractivity contribution in [2.45, 2.75) is 39.7 Å². The molecule has 0 amide bonds. The molecule has 3 nitrogen and oxygen atoms in total. The highest BCUT2D eigenvalue weighted by molar-refractivity contribution is 5.39. The van der Waals surface area contributed by atoms with Gasteiger partial charge in [-0.3, -0.25) is 0 Å². The van der Waals surface area contributed by atoms with Gasteiger partial charge in [-0.05, 0) is 37.1 Å². The lowest BCUT2D eigenvalue weighted by atomic mass is 10.2. The molecule has 0 saturated carbocycles. The van der Waals surface area contributed by atoms with E-state index >= 15 is 0 Å². The van der Waals surface area contributed by atoms with Crippen molar-refractivity contribution in [2.75, 3.05) is 25.0 Å². The van der Waals surface area contributed by atoms with Crippen LogP contribution in [-0.2, 0) is 6.54 Å². The first kappa shape index (κ1) is 14.0. The summed E-state index contributed by atoms with van der Waals surface area (Å²) in [7, 11) is 2.11. The van der Waals surface area contributed by atoms with Gasteiger partial charge in [-0.2, -0.15) is 0 Å². The van der Waals surface area contributed by atoms with E-state index in [9.17, 15) is 0 Å². The molecule has 0 aromatic carbocycles. The van der Waals surface area contributed by atoms with Crippen molar-refractivity contribution in [3.05, 3.63) is 23.9 Å². The van der Waals surface area contributed by atoms with Crippen LogP contribution in [0.4, 0.5) is 5.82 Å². The monoisotopic (exact) mass is 235 g/mol. The van der Waals surface area contributed by atoms with E-state index in [1.165, 1.54) is 24.8 Å². The van der Waals surface area contributed by atoms with Crippen molar-refractivity contribution < 1.29 is 0 Å². The van der Waals surface area contributed by atoms with Gasteiger partial charge < -0.3 is 10.2 Å². The van der Waals surface area contributed by atoms with Crippen molar-refractivity contribution in [2.24, 2.45) is 0 Å². The Balaban J connectivity index is 2.52. The summed E-state index contributed by atoms with van der Waals surface area (Å²) < 4.78 is 0. The Morgan fingerprint density at radius 3 is 2.82 bits per heavy atom. The van der Waals surface area contributed by atoms with Gasteiger partial charge in [0.25, 0.3) is 0 Å². The predicted octanol–water partition coefficient (Wildman–Crippen LogP) is 2.82. The number of anilines is 1. The Morgan fingerprint density at radius 1 is 1.29 bits per heavy atom. The summed E-state index contributed by atoms with van der Waals surface area (Å²) in [5.74, 6) is 1.08. The van der Waals surface area contributed by atoms with Gasteiger partial charge in [0, 0.05) is 26.3 Å². The highest BCUT2D eigenvalue weighted by Crippen LogP contribution is 2.11. The van der Waals surface area contributed by atoms with E-state index in [0.29, 0.717) is 0 Å². The van der Waals surface area contributed by atoms with Gasteiger partial charge in [-0.25, -0.2) is 4.98 Å². The zero-order valence-corrected chi connectivity index (χ0v) is 11.4. The fourth-order valence-corrected chi connectivity index (χ4v) is 1.70. The molecule has 0 atom stereocenters. The van der Waals surface area contributed by atoms with Crippen molar-refractivity contribution in [3.63, 3.8) is 0 Å². The van der Waals surface area contributed by atoms with Gasteiger partial charge >= 0.3 is 0 Å². The molecular formula is C14H25N3. The molecule has 17 heavy (non-hydrogen) atoms. The summed E-state index contributed by atoms with van der Waals surface area (Å²) in [6.07, 6.45) is 5.52. The van der Waals surface area contributed by atoms with Crippen LogP contribution in [0.5, 0.6) is 0 Å². The molecule has 0 aliphatic carbocycles. The third-order valence-electron chi connectivity index (χ3n) is 2.80. The van der Waals surface area contributed by atoms with E-state index in [1.54, 1.807) is 0 Å². The molecule has 96 valence electrons. The van der Waals surface area contributed by atoms with Crippen LogP contribution < -0.4 is 10.2 Å². The number of aromatic nitrogens is 1. The van der Waals surface area contributed by atoms with Gasteiger partial charge in [0.2, 0.25) is 0 Å². The minimum atomic E-state index is 0.935. The summed E-state index contributed by atoms with van der Waals surface area (Å²) in [5, 5.41) is 3.41. The van der Waals surface area contributed by atoms with Crippen LogP contribution in [0.3, 0.4) is 0 Å². The first-order chi connectivity index (χ1) is 8.27. The fourth-order valence-electron chi connectivity index (χ4n) is 1.70. The second-order valence-corrected chi connectivity index (χ2v) is 4.47. The standard InChI is InChI=1S/C14H25N3/c1-4-6-10-17(3)14-11-13(7-9-16-14)12-15-8-5-2/h7,9,11,15H,4-6,8,10,12H2,1-3H3. The van der Waals surface area contributed by atoms with Crippen molar-refractivity contribution in [1.82, 2.24) is 10.3 Å². The molecule has 0 fully saturated rings. The Hall–Kier alpha value is -1.09. The summed E-state index contributed by atoms with van der Waals surface area (Å²) in [6, 6.07) is 4.26. The minimum absolute atomic E-state index is 0.935. The van der Waals surface area contributed by atoms with E-state index < -0.39 is 0 Å². The SMILES string of the molecule is CCCCN(C)c1cc(CNCCC)ccn1. The minimum Gasteiger partial charge on any atom is -0.360 e. The zero-order chi connectivity index (χ0) is 12.5. The number of rotatable bonds is 8. The van der Waals surface area contributed by atoms with Crippen molar-refractivity contribution in [1.29, 1.82) is 0 Å². The van der Waals surface area contributed by atoms with Gasteiger partial charge in [-0.15, -0.1) is 0 Å².